The van der Waals surface area contributed by atoms with Crippen LogP contribution in [-0.2, 0) is 0 Å². The van der Waals surface area contributed by atoms with E-state index in [-0.39, 0.29) is 11.7 Å². The fourth-order valence-electron chi connectivity index (χ4n) is 2.12. The molecule has 0 bridgehead atoms. The van der Waals surface area contributed by atoms with Gasteiger partial charge in [0.15, 0.2) is 5.16 Å². The summed E-state index contributed by atoms with van der Waals surface area (Å²) in [4.78, 5) is 12.6. The first-order valence-corrected chi connectivity index (χ1v) is 7.47. The Kier molecular flexibility index (Phi) is 4.74. The minimum atomic E-state index is -0.679. The predicted octanol–water partition coefficient (Wildman–Crippen LogP) is 2.37. The molecule has 0 unspecified atom stereocenters. The largest absolute Gasteiger partial charge is 0.496 e. The second kappa shape index (κ2) is 6.36. The summed E-state index contributed by atoms with van der Waals surface area (Å²) in [6.45, 7) is 5.52. The van der Waals surface area contributed by atoms with Crippen LogP contribution in [-0.4, -0.2) is 27.0 Å². The van der Waals surface area contributed by atoms with Crippen molar-refractivity contribution >= 4 is 11.8 Å². The molecular weight excluding hydrogens is 290 g/mol. The molecule has 2 N–H and O–H groups in total. The van der Waals surface area contributed by atoms with Crippen LogP contribution in [0.2, 0.25) is 0 Å². The van der Waals surface area contributed by atoms with Crippen molar-refractivity contribution in [3.8, 4) is 5.75 Å². The number of hydrogen-bond donors (Lipinski definition) is 2. The number of hydrogen-bond acceptors (Lipinski definition) is 5. The third kappa shape index (κ3) is 3.14. The molecule has 0 aliphatic heterocycles. The number of benzene rings is 1. The molecule has 1 aromatic carbocycles. The minimum absolute atomic E-state index is 0.000595. The van der Waals surface area contributed by atoms with E-state index < -0.39 is 6.10 Å². The number of aliphatic hydroxyl groups is 1. The first-order valence-electron chi connectivity index (χ1n) is 6.65. The quantitative estimate of drug-likeness (QED) is 0.886. The lowest BCUT2D eigenvalue weighted by atomic mass is 10.1. The third-order valence-electron chi connectivity index (χ3n) is 3.05. The van der Waals surface area contributed by atoms with Gasteiger partial charge in [0.25, 0.3) is 0 Å². The van der Waals surface area contributed by atoms with Gasteiger partial charge in [-0.05, 0) is 44.7 Å². The van der Waals surface area contributed by atoms with E-state index in [0.29, 0.717) is 16.5 Å². The Morgan fingerprint density at radius 1 is 1.38 bits per heavy atom. The van der Waals surface area contributed by atoms with Gasteiger partial charge in [0.2, 0.25) is 0 Å². The first-order chi connectivity index (χ1) is 9.95. The molecule has 2 aromatic rings. The van der Waals surface area contributed by atoms with Crippen molar-refractivity contribution in [1.82, 2.24) is 14.8 Å². The van der Waals surface area contributed by atoms with E-state index in [1.165, 1.54) is 11.8 Å². The molecule has 21 heavy (non-hydrogen) atoms. The topological polar surface area (TPSA) is 80.1 Å². The molecule has 0 aliphatic rings. The number of rotatable bonds is 5. The summed E-state index contributed by atoms with van der Waals surface area (Å²) >= 11 is 1.33. The van der Waals surface area contributed by atoms with Crippen molar-refractivity contribution in [3.63, 3.8) is 0 Å². The molecule has 114 valence electrons. The fourth-order valence-corrected chi connectivity index (χ4v) is 3.33. The van der Waals surface area contributed by atoms with Crippen LogP contribution in [0.1, 0.15) is 38.5 Å². The van der Waals surface area contributed by atoms with Gasteiger partial charge in [0.05, 0.1) is 13.2 Å². The van der Waals surface area contributed by atoms with Crippen molar-refractivity contribution in [1.29, 1.82) is 0 Å². The lowest BCUT2D eigenvalue weighted by molar-refractivity contribution is 0.191. The van der Waals surface area contributed by atoms with Gasteiger partial charge in [-0.2, -0.15) is 0 Å². The Bertz CT molecular complexity index is 676. The van der Waals surface area contributed by atoms with Crippen molar-refractivity contribution < 1.29 is 9.84 Å². The zero-order valence-electron chi connectivity index (χ0n) is 12.5. The van der Waals surface area contributed by atoms with Crippen LogP contribution in [0.15, 0.2) is 33.0 Å². The standard InChI is InChI=1S/C14H19N3O3S/c1-8(2)17-13(19)15-16-14(17)21-11-7-5-6-10(20-4)12(11)9(3)18/h5-9,18H,1-4H3,(H,15,19)/t9-/m1/s1. The van der Waals surface area contributed by atoms with Crippen molar-refractivity contribution in [2.24, 2.45) is 0 Å². The van der Waals surface area contributed by atoms with E-state index in [0.717, 1.165) is 4.90 Å². The molecule has 0 aliphatic carbocycles. The number of nitrogens with one attached hydrogen (secondary N) is 1. The van der Waals surface area contributed by atoms with E-state index in [2.05, 4.69) is 10.2 Å². The summed E-state index contributed by atoms with van der Waals surface area (Å²) in [6, 6.07) is 5.52. The molecule has 0 saturated heterocycles. The van der Waals surface area contributed by atoms with Crippen LogP contribution < -0.4 is 10.4 Å². The number of methoxy groups -OCH3 is 1. The monoisotopic (exact) mass is 309 g/mol. The third-order valence-corrected chi connectivity index (χ3v) is 4.10. The van der Waals surface area contributed by atoms with E-state index in [9.17, 15) is 9.90 Å². The summed E-state index contributed by atoms with van der Waals surface area (Å²) in [5.41, 5.74) is 0.449. The van der Waals surface area contributed by atoms with E-state index in [1.807, 2.05) is 26.0 Å². The highest BCUT2D eigenvalue weighted by Crippen LogP contribution is 2.37. The van der Waals surface area contributed by atoms with Crippen molar-refractivity contribution in [2.75, 3.05) is 7.11 Å². The van der Waals surface area contributed by atoms with Gasteiger partial charge >= 0.3 is 5.69 Å². The Morgan fingerprint density at radius 3 is 2.67 bits per heavy atom. The van der Waals surface area contributed by atoms with Gasteiger partial charge in [0.1, 0.15) is 5.75 Å². The number of aliphatic hydroxyl groups excluding tert-OH is 1. The van der Waals surface area contributed by atoms with Gasteiger partial charge in [-0.15, -0.1) is 5.10 Å². The zero-order chi connectivity index (χ0) is 15.6. The number of nitrogens with zero attached hydrogens (tertiary/aromatic N) is 2. The molecule has 0 fully saturated rings. The van der Waals surface area contributed by atoms with Gasteiger partial charge in [-0.1, -0.05) is 6.07 Å². The molecule has 1 aromatic heterocycles. The summed E-state index contributed by atoms with van der Waals surface area (Å²) in [6.07, 6.45) is -0.679. The molecule has 1 atom stereocenters. The Morgan fingerprint density at radius 2 is 2.10 bits per heavy atom. The normalized spacial score (nSPS) is 12.7. The summed E-state index contributed by atoms with van der Waals surface area (Å²) in [5, 5.41) is 17.1. The molecule has 0 saturated carbocycles. The average molecular weight is 309 g/mol. The first kappa shape index (κ1) is 15.7. The van der Waals surface area contributed by atoms with Crippen LogP contribution >= 0.6 is 11.8 Å². The molecule has 7 heteroatoms. The fraction of sp³-hybridized carbons (Fsp3) is 0.429. The zero-order valence-corrected chi connectivity index (χ0v) is 13.3. The molecular formula is C14H19N3O3S. The lowest BCUT2D eigenvalue weighted by Gasteiger charge is -2.16. The van der Waals surface area contributed by atoms with Crippen LogP contribution in [0.3, 0.4) is 0 Å². The SMILES string of the molecule is COc1cccc(Sc2n[nH]c(=O)n2C(C)C)c1[C@@H](C)O. The Hall–Kier alpha value is -1.73. The van der Waals surface area contributed by atoms with Crippen LogP contribution in [0.5, 0.6) is 5.75 Å². The highest BCUT2D eigenvalue weighted by Gasteiger charge is 2.19. The van der Waals surface area contributed by atoms with E-state index >= 15 is 0 Å². The van der Waals surface area contributed by atoms with E-state index in [1.54, 1.807) is 24.7 Å². The molecule has 0 spiro atoms. The number of H-pyrrole nitrogens is 1. The highest BCUT2D eigenvalue weighted by atomic mass is 32.2. The van der Waals surface area contributed by atoms with Crippen LogP contribution in [0, 0.1) is 0 Å². The van der Waals surface area contributed by atoms with Gasteiger partial charge in [0, 0.05) is 16.5 Å². The average Bonchev–Trinajstić information content (AvgIpc) is 2.79. The summed E-state index contributed by atoms with van der Waals surface area (Å²) in [5.74, 6) is 0.615. The molecule has 6 nitrogen and oxygen atoms in total. The Balaban J connectivity index is 2.48. The molecule has 0 amide bonds. The van der Waals surface area contributed by atoms with Crippen LogP contribution in [0.4, 0.5) is 0 Å². The van der Waals surface area contributed by atoms with Crippen molar-refractivity contribution in [3.05, 3.63) is 34.2 Å². The number of aromatic nitrogens is 3. The number of ether oxygens (including phenoxy) is 1. The second-order valence-corrected chi connectivity index (χ2v) is 5.93. The van der Waals surface area contributed by atoms with Crippen LogP contribution in [0.25, 0.3) is 0 Å². The van der Waals surface area contributed by atoms with Gasteiger partial charge in [-0.3, -0.25) is 4.57 Å². The maximum atomic E-state index is 11.8. The van der Waals surface area contributed by atoms with E-state index in [4.69, 9.17) is 4.74 Å². The van der Waals surface area contributed by atoms with Gasteiger partial charge in [-0.25, -0.2) is 9.89 Å². The lowest BCUT2D eigenvalue weighted by Crippen LogP contribution is -2.19. The molecule has 2 rings (SSSR count). The maximum Gasteiger partial charge on any atom is 0.344 e. The predicted molar refractivity (Wildman–Crippen MR) is 81.0 cm³/mol. The smallest absolute Gasteiger partial charge is 0.344 e. The van der Waals surface area contributed by atoms with Crippen molar-refractivity contribution in [2.45, 2.75) is 43.0 Å². The van der Waals surface area contributed by atoms with Gasteiger partial charge < -0.3 is 9.84 Å². The molecule has 1 heterocycles. The minimum Gasteiger partial charge on any atom is -0.496 e. The molecule has 0 radical (unpaired) electrons. The number of aromatic amines is 1. The second-order valence-electron chi connectivity index (χ2n) is 4.93. The summed E-state index contributed by atoms with van der Waals surface area (Å²) in [7, 11) is 1.56. The summed E-state index contributed by atoms with van der Waals surface area (Å²) < 4.78 is 6.88. The maximum absolute atomic E-state index is 11.8. The Labute approximate surface area is 127 Å². The highest BCUT2D eigenvalue weighted by molar-refractivity contribution is 7.99.